The number of hydrogen-bond donors (Lipinski definition) is 2. The average Bonchev–Trinajstić information content (AvgIpc) is 2.69. The van der Waals surface area contributed by atoms with Crippen molar-refractivity contribution in [2.75, 3.05) is 26.7 Å². The molecule has 19 heavy (non-hydrogen) atoms. The molecule has 0 aromatic carbocycles. The van der Waals surface area contributed by atoms with Crippen LogP contribution in [-0.4, -0.2) is 59.8 Å². The van der Waals surface area contributed by atoms with E-state index in [9.17, 15) is 4.39 Å². The molecule has 0 spiro atoms. The lowest BCUT2D eigenvalue weighted by molar-refractivity contribution is -0.159. The van der Waals surface area contributed by atoms with Crippen molar-refractivity contribution in [1.29, 1.82) is 0 Å². The summed E-state index contributed by atoms with van der Waals surface area (Å²) in [5, 5.41) is 18.1. The summed E-state index contributed by atoms with van der Waals surface area (Å²) in [5.41, 5.74) is 0.676. The summed E-state index contributed by atoms with van der Waals surface area (Å²) in [7, 11) is 1.36. The molecule has 2 heterocycles. The van der Waals surface area contributed by atoms with E-state index in [0.717, 1.165) is 19.5 Å². The summed E-state index contributed by atoms with van der Waals surface area (Å²) in [5.74, 6) is -3.61. The number of oxime groups is 1. The second kappa shape index (κ2) is 6.83. The van der Waals surface area contributed by atoms with Gasteiger partial charge in [-0.2, -0.15) is 4.39 Å². The maximum absolute atomic E-state index is 13.2. The lowest BCUT2D eigenvalue weighted by atomic mass is 10.0. The number of carboxylic acids is 2. The smallest absolute Gasteiger partial charge is 0.414 e. The number of fused-ring (bicyclic) bond motifs is 2. The van der Waals surface area contributed by atoms with Crippen LogP contribution in [0.15, 0.2) is 16.8 Å². The van der Waals surface area contributed by atoms with Crippen LogP contribution in [0.2, 0.25) is 0 Å². The summed E-state index contributed by atoms with van der Waals surface area (Å²) < 4.78 is 13.2. The van der Waals surface area contributed by atoms with Crippen molar-refractivity contribution < 1.29 is 29.0 Å². The van der Waals surface area contributed by atoms with E-state index in [2.05, 4.69) is 14.9 Å². The molecule has 1 saturated heterocycles. The lowest BCUT2D eigenvalue weighted by Gasteiger charge is -2.20. The zero-order valence-electron chi connectivity index (χ0n) is 10.4. The number of hydrogen-bond acceptors (Lipinski definition) is 5. The topological polar surface area (TPSA) is 99.4 Å². The molecular weight excluding hydrogens is 259 g/mol. The fraction of sp³-hybridized carbons (Fsp3) is 0.545. The standard InChI is InChI=1S/C9H13FN2O.C2H2O4/c1-13-11-9(10)8-4-7-2-3-12(5-7)6-8;3-1(4)2(5)6/h4,7H,2-3,5-6H2,1H3;(H,3,4)(H,5,6). The first-order chi connectivity index (χ1) is 8.93. The SMILES string of the molecule is CON=C(F)C1=CC2CCN(C1)C2.O=C(O)C(=O)O. The molecule has 1 fully saturated rings. The van der Waals surface area contributed by atoms with Crippen LogP contribution < -0.4 is 0 Å². The Labute approximate surface area is 108 Å². The molecule has 2 N–H and O–H groups in total. The third-order valence-corrected chi connectivity index (χ3v) is 2.76. The summed E-state index contributed by atoms with van der Waals surface area (Å²) in [4.78, 5) is 24.8. The quantitative estimate of drug-likeness (QED) is 0.428. The molecule has 7 nitrogen and oxygen atoms in total. The summed E-state index contributed by atoms with van der Waals surface area (Å²) in [6, 6.07) is 0. The Bertz CT molecular complexity index is 409. The molecule has 106 valence electrons. The van der Waals surface area contributed by atoms with Crippen LogP contribution >= 0.6 is 0 Å². The van der Waals surface area contributed by atoms with E-state index in [1.807, 2.05) is 6.08 Å². The van der Waals surface area contributed by atoms with Gasteiger partial charge < -0.3 is 15.1 Å². The minimum absolute atomic E-state index is 0.473. The van der Waals surface area contributed by atoms with E-state index in [1.54, 1.807) is 0 Å². The highest BCUT2D eigenvalue weighted by Gasteiger charge is 2.28. The van der Waals surface area contributed by atoms with Crippen molar-refractivity contribution >= 4 is 17.9 Å². The summed E-state index contributed by atoms with van der Waals surface area (Å²) >= 11 is 0. The molecule has 2 unspecified atom stereocenters. The number of nitrogens with zero attached hydrogens (tertiary/aromatic N) is 2. The molecule has 2 atom stereocenters. The van der Waals surface area contributed by atoms with E-state index >= 15 is 0 Å². The first-order valence-corrected chi connectivity index (χ1v) is 5.60. The van der Waals surface area contributed by atoms with E-state index < -0.39 is 17.9 Å². The molecule has 2 bridgehead atoms. The molecule has 2 aliphatic rings. The second-order valence-corrected chi connectivity index (χ2v) is 4.15. The van der Waals surface area contributed by atoms with E-state index in [4.69, 9.17) is 19.8 Å². The van der Waals surface area contributed by atoms with E-state index in [0.29, 0.717) is 18.0 Å². The fourth-order valence-electron chi connectivity index (χ4n) is 1.99. The molecule has 8 heteroatoms. The van der Waals surface area contributed by atoms with Crippen LogP contribution in [0.4, 0.5) is 4.39 Å². The van der Waals surface area contributed by atoms with Gasteiger partial charge in [-0.3, -0.25) is 4.90 Å². The Kier molecular flexibility index (Phi) is 5.43. The van der Waals surface area contributed by atoms with Crippen molar-refractivity contribution in [1.82, 2.24) is 4.90 Å². The van der Waals surface area contributed by atoms with Crippen molar-refractivity contribution in [2.45, 2.75) is 6.42 Å². The Morgan fingerprint density at radius 2 is 2.11 bits per heavy atom. The zero-order valence-corrected chi connectivity index (χ0v) is 10.4. The summed E-state index contributed by atoms with van der Waals surface area (Å²) in [6.45, 7) is 2.82. The van der Waals surface area contributed by atoms with Gasteiger partial charge in [0.25, 0.3) is 5.97 Å². The minimum Gasteiger partial charge on any atom is -0.473 e. The Morgan fingerprint density at radius 3 is 2.58 bits per heavy atom. The van der Waals surface area contributed by atoms with Crippen LogP contribution in [0.1, 0.15) is 6.42 Å². The van der Waals surface area contributed by atoms with Crippen molar-refractivity contribution in [3.63, 3.8) is 0 Å². The molecule has 0 radical (unpaired) electrons. The highest BCUT2D eigenvalue weighted by Crippen LogP contribution is 2.25. The molecule has 0 amide bonds. The number of carboxylic acid groups (broad SMARTS) is 2. The first-order valence-electron chi connectivity index (χ1n) is 5.60. The fourth-order valence-corrected chi connectivity index (χ4v) is 1.99. The van der Waals surface area contributed by atoms with Crippen molar-refractivity contribution in [3.05, 3.63) is 11.6 Å². The number of halogens is 1. The van der Waals surface area contributed by atoms with Gasteiger partial charge in [0.2, 0.25) is 0 Å². The highest BCUT2D eigenvalue weighted by atomic mass is 19.1. The monoisotopic (exact) mass is 274 g/mol. The number of carbonyl (C=O) groups is 2. The van der Waals surface area contributed by atoms with E-state index in [-0.39, 0.29) is 0 Å². The number of rotatable bonds is 2. The van der Waals surface area contributed by atoms with Crippen LogP contribution in [0, 0.1) is 5.92 Å². The minimum atomic E-state index is -1.82. The average molecular weight is 274 g/mol. The molecule has 0 aromatic heterocycles. The van der Waals surface area contributed by atoms with Crippen LogP contribution in [-0.2, 0) is 14.4 Å². The normalized spacial score (nSPS) is 24.9. The Morgan fingerprint density at radius 1 is 1.47 bits per heavy atom. The predicted octanol–water partition coefficient (Wildman–Crippen LogP) is 0.333. The second-order valence-electron chi connectivity index (χ2n) is 4.15. The van der Waals surface area contributed by atoms with Crippen LogP contribution in [0.25, 0.3) is 0 Å². The molecule has 0 aliphatic carbocycles. The zero-order chi connectivity index (χ0) is 14.4. The molecule has 0 aromatic rings. The van der Waals surface area contributed by atoms with E-state index in [1.165, 1.54) is 7.11 Å². The third-order valence-electron chi connectivity index (χ3n) is 2.76. The molecule has 2 rings (SSSR count). The molecular formula is C11H15FN2O5. The van der Waals surface area contributed by atoms with Gasteiger partial charge in [0.05, 0.1) is 0 Å². The van der Waals surface area contributed by atoms with Gasteiger partial charge in [0.1, 0.15) is 7.11 Å². The first kappa shape index (κ1) is 15.1. The Hall–Kier alpha value is -1.96. The lowest BCUT2D eigenvalue weighted by Crippen LogP contribution is -2.28. The van der Waals surface area contributed by atoms with Gasteiger partial charge in [0, 0.05) is 18.7 Å². The maximum atomic E-state index is 13.2. The number of aliphatic carboxylic acids is 2. The summed E-state index contributed by atoms with van der Waals surface area (Å²) in [6.07, 6.45) is 3.13. The van der Waals surface area contributed by atoms with Crippen molar-refractivity contribution in [2.24, 2.45) is 11.1 Å². The molecule has 2 aliphatic heterocycles. The Balaban J connectivity index is 0.000000258. The third kappa shape index (κ3) is 4.66. The van der Waals surface area contributed by atoms with Gasteiger partial charge in [-0.1, -0.05) is 11.2 Å². The molecule has 0 saturated carbocycles. The van der Waals surface area contributed by atoms with Gasteiger partial charge in [-0.05, 0) is 18.9 Å². The van der Waals surface area contributed by atoms with Crippen molar-refractivity contribution in [3.8, 4) is 0 Å². The predicted molar refractivity (Wildman–Crippen MR) is 63.5 cm³/mol. The van der Waals surface area contributed by atoms with Gasteiger partial charge in [-0.25, -0.2) is 9.59 Å². The van der Waals surface area contributed by atoms with Gasteiger partial charge in [0.15, 0.2) is 0 Å². The highest BCUT2D eigenvalue weighted by molar-refractivity contribution is 6.27. The maximum Gasteiger partial charge on any atom is 0.414 e. The van der Waals surface area contributed by atoms with Crippen LogP contribution in [0.3, 0.4) is 0 Å². The largest absolute Gasteiger partial charge is 0.473 e. The van der Waals surface area contributed by atoms with Gasteiger partial charge >= 0.3 is 11.9 Å². The van der Waals surface area contributed by atoms with Crippen LogP contribution in [0.5, 0.6) is 0 Å². The van der Waals surface area contributed by atoms with Gasteiger partial charge in [-0.15, -0.1) is 0 Å².